The van der Waals surface area contributed by atoms with E-state index in [1.165, 1.54) is 0 Å². The fourth-order valence-corrected chi connectivity index (χ4v) is 2.29. The summed E-state index contributed by atoms with van der Waals surface area (Å²) >= 11 is 3.45. The summed E-state index contributed by atoms with van der Waals surface area (Å²) in [4.78, 5) is 0. The Morgan fingerprint density at radius 3 is 2.73 bits per heavy atom. The van der Waals surface area contributed by atoms with E-state index in [2.05, 4.69) is 21.2 Å². The first-order chi connectivity index (χ1) is 7.17. The zero-order valence-corrected chi connectivity index (χ0v) is 10.2. The average molecular weight is 272 g/mol. The molecule has 1 aliphatic heterocycles. The number of nitrogens with one attached hydrogen (secondary N) is 1. The van der Waals surface area contributed by atoms with E-state index in [1.54, 1.807) is 13.2 Å². The smallest absolute Gasteiger partial charge is 0.120 e. The van der Waals surface area contributed by atoms with Crippen molar-refractivity contribution in [1.29, 1.82) is 0 Å². The molecule has 0 amide bonds. The summed E-state index contributed by atoms with van der Waals surface area (Å²) < 4.78 is 6.43. The highest BCUT2D eigenvalue weighted by Crippen LogP contribution is 2.32. The van der Waals surface area contributed by atoms with Crippen LogP contribution in [0.5, 0.6) is 5.75 Å². The number of phenols is 1. The highest BCUT2D eigenvalue weighted by Gasteiger charge is 2.38. The van der Waals surface area contributed by atoms with Crippen LogP contribution in [0.2, 0.25) is 0 Å². The van der Waals surface area contributed by atoms with Crippen molar-refractivity contribution in [2.24, 2.45) is 0 Å². The van der Waals surface area contributed by atoms with Gasteiger partial charge in [-0.05, 0) is 12.1 Å². The Bertz CT molecular complexity index is 338. The van der Waals surface area contributed by atoms with Crippen LogP contribution in [0.15, 0.2) is 22.7 Å². The molecular weight excluding hydrogens is 258 g/mol. The molecule has 0 unspecified atom stereocenters. The molecule has 2 N–H and O–H groups in total. The van der Waals surface area contributed by atoms with Gasteiger partial charge in [0, 0.05) is 36.7 Å². The Morgan fingerprint density at radius 1 is 1.53 bits per heavy atom. The van der Waals surface area contributed by atoms with E-state index in [4.69, 9.17) is 4.74 Å². The maximum absolute atomic E-state index is 9.76. The van der Waals surface area contributed by atoms with Gasteiger partial charge in [0.25, 0.3) is 0 Å². The Balaban J connectivity index is 2.23. The van der Waals surface area contributed by atoms with Crippen molar-refractivity contribution in [2.75, 3.05) is 20.2 Å². The molecule has 0 saturated carbocycles. The molecule has 1 aliphatic rings. The molecule has 1 aromatic rings. The number of hydrogen-bond acceptors (Lipinski definition) is 3. The van der Waals surface area contributed by atoms with E-state index < -0.39 is 0 Å². The first-order valence-electron chi connectivity index (χ1n) is 4.89. The third-order valence-electron chi connectivity index (χ3n) is 2.92. The lowest BCUT2D eigenvalue weighted by Crippen LogP contribution is -2.61. The summed E-state index contributed by atoms with van der Waals surface area (Å²) in [5.41, 5.74) is 0.766. The molecule has 2 rings (SSSR count). The van der Waals surface area contributed by atoms with E-state index in [9.17, 15) is 5.11 Å². The minimum absolute atomic E-state index is 0.151. The second kappa shape index (κ2) is 4.12. The lowest BCUT2D eigenvalue weighted by molar-refractivity contribution is -0.0506. The lowest BCUT2D eigenvalue weighted by atomic mass is 9.88. The van der Waals surface area contributed by atoms with Gasteiger partial charge >= 0.3 is 0 Å². The van der Waals surface area contributed by atoms with Crippen molar-refractivity contribution in [3.05, 3.63) is 28.2 Å². The number of rotatable bonds is 3. The average Bonchev–Trinajstić information content (AvgIpc) is 2.15. The van der Waals surface area contributed by atoms with E-state index in [0.29, 0.717) is 5.75 Å². The van der Waals surface area contributed by atoms with Crippen LogP contribution in [0, 0.1) is 0 Å². The van der Waals surface area contributed by atoms with Crippen LogP contribution < -0.4 is 5.32 Å². The molecule has 1 saturated heterocycles. The molecule has 82 valence electrons. The Labute approximate surface area is 97.6 Å². The molecule has 4 heteroatoms. The van der Waals surface area contributed by atoms with Gasteiger partial charge in [-0.3, -0.25) is 0 Å². The van der Waals surface area contributed by atoms with Gasteiger partial charge < -0.3 is 15.2 Å². The fraction of sp³-hybridized carbons (Fsp3) is 0.455. The molecule has 0 bridgehead atoms. The Kier molecular flexibility index (Phi) is 3.00. The largest absolute Gasteiger partial charge is 0.508 e. The fourth-order valence-electron chi connectivity index (χ4n) is 1.79. The van der Waals surface area contributed by atoms with Crippen molar-refractivity contribution in [2.45, 2.75) is 12.0 Å². The minimum Gasteiger partial charge on any atom is -0.508 e. The topological polar surface area (TPSA) is 41.5 Å². The molecule has 1 heterocycles. The van der Waals surface area contributed by atoms with Gasteiger partial charge in [0.05, 0.1) is 5.60 Å². The number of hydrogen-bond donors (Lipinski definition) is 2. The maximum Gasteiger partial charge on any atom is 0.120 e. The predicted molar refractivity (Wildman–Crippen MR) is 62.1 cm³/mol. The highest BCUT2D eigenvalue weighted by molar-refractivity contribution is 9.10. The number of benzene rings is 1. The molecule has 1 fully saturated rings. The van der Waals surface area contributed by atoms with Crippen LogP contribution in [0.3, 0.4) is 0 Å². The summed E-state index contributed by atoms with van der Waals surface area (Å²) in [6, 6.07) is 5.46. The standard InChI is InChI=1S/C11H14BrNO2/c1-15-11(6-13-7-11)5-8-9(12)3-2-4-10(8)14/h2-4,13-14H,5-7H2,1H3. The van der Waals surface area contributed by atoms with Crippen molar-refractivity contribution in [1.82, 2.24) is 5.32 Å². The number of phenolic OH excluding ortho intramolecular Hbond substituents is 1. The Hall–Kier alpha value is -0.580. The second-order valence-corrected chi connectivity index (χ2v) is 4.76. The number of halogens is 1. The zero-order chi connectivity index (χ0) is 10.9. The monoisotopic (exact) mass is 271 g/mol. The van der Waals surface area contributed by atoms with Gasteiger partial charge in [-0.2, -0.15) is 0 Å². The van der Waals surface area contributed by atoms with Crippen LogP contribution in [0.25, 0.3) is 0 Å². The summed E-state index contributed by atoms with van der Waals surface area (Å²) in [5.74, 6) is 0.327. The van der Waals surface area contributed by atoms with Gasteiger partial charge in [-0.25, -0.2) is 0 Å². The number of ether oxygens (including phenoxy) is 1. The minimum atomic E-state index is -0.151. The molecule has 0 atom stereocenters. The normalized spacial score (nSPS) is 18.5. The Morgan fingerprint density at radius 2 is 2.27 bits per heavy atom. The number of aromatic hydroxyl groups is 1. The van der Waals surface area contributed by atoms with Crippen LogP contribution >= 0.6 is 15.9 Å². The van der Waals surface area contributed by atoms with Crippen molar-refractivity contribution in [3.63, 3.8) is 0 Å². The zero-order valence-electron chi connectivity index (χ0n) is 8.59. The molecular formula is C11H14BrNO2. The van der Waals surface area contributed by atoms with Gasteiger partial charge in [0.15, 0.2) is 0 Å². The van der Waals surface area contributed by atoms with Crippen LogP contribution in [-0.4, -0.2) is 30.9 Å². The third-order valence-corrected chi connectivity index (χ3v) is 3.66. The second-order valence-electron chi connectivity index (χ2n) is 3.90. The summed E-state index contributed by atoms with van der Waals surface area (Å²) in [7, 11) is 1.72. The number of methoxy groups -OCH3 is 1. The predicted octanol–water partition coefficient (Wildman–Crippen LogP) is 1.69. The maximum atomic E-state index is 9.76. The van der Waals surface area contributed by atoms with Gasteiger partial charge in [0.1, 0.15) is 5.75 Å². The molecule has 3 nitrogen and oxygen atoms in total. The molecule has 0 radical (unpaired) electrons. The van der Waals surface area contributed by atoms with Crippen molar-refractivity contribution < 1.29 is 9.84 Å². The van der Waals surface area contributed by atoms with Crippen molar-refractivity contribution >= 4 is 15.9 Å². The van der Waals surface area contributed by atoms with E-state index >= 15 is 0 Å². The highest BCUT2D eigenvalue weighted by atomic mass is 79.9. The van der Waals surface area contributed by atoms with Gasteiger partial charge in [-0.15, -0.1) is 0 Å². The van der Waals surface area contributed by atoms with E-state index in [0.717, 1.165) is 29.5 Å². The third kappa shape index (κ3) is 2.02. The van der Waals surface area contributed by atoms with E-state index in [1.807, 2.05) is 12.1 Å². The van der Waals surface area contributed by atoms with Crippen LogP contribution in [-0.2, 0) is 11.2 Å². The quantitative estimate of drug-likeness (QED) is 0.879. The first kappa shape index (κ1) is 10.9. The van der Waals surface area contributed by atoms with Crippen LogP contribution in [0.4, 0.5) is 0 Å². The van der Waals surface area contributed by atoms with E-state index in [-0.39, 0.29) is 5.60 Å². The molecule has 1 aromatic carbocycles. The molecule has 15 heavy (non-hydrogen) atoms. The van der Waals surface area contributed by atoms with Crippen LogP contribution in [0.1, 0.15) is 5.56 Å². The van der Waals surface area contributed by atoms with Gasteiger partial charge in [-0.1, -0.05) is 22.0 Å². The van der Waals surface area contributed by atoms with Crippen molar-refractivity contribution in [3.8, 4) is 5.75 Å². The summed E-state index contributed by atoms with van der Waals surface area (Å²) in [6.07, 6.45) is 0.726. The molecule has 0 aliphatic carbocycles. The first-order valence-corrected chi connectivity index (χ1v) is 5.68. The lowest BCUT2D eigenvalue weighted by Gasteiger charge is -2.41. The SMILES string of the molecule is COC1(Cc2c(O)cccc2Br)CNC1. The summed E-state index contributed by atoms with van der Waals surface area (Å²) in [5, 5.41) is 13.0. The summed E-state index contributed by atoms with van der Waals surface area (Å²) in [6.45, 7) is 1.68. The molecule has 0 spiro atoms. The van der Waals surface area contributed by atoms with Gasteiger partial charge in [0.2, 0.25) is 0 Å². The molecule has 0 aromatic heterocycles.